The predicted molar refractivity (Wildman–Crippen MR) is 130 cm³/mol. The monoisotopic (exact) mass is 475 g/mol. The summed E-state index contributed by atoms with van der Waals surface area (Å²) in [6.45, 7) is 9.61. The van der Waals surface area contributed by atoms with E-state index in [2.05, 4.69) is 22.2 Å². The zero-order valence-corrected chi connectivity index (χ0v) is 21.3. The quantitative estimate of drug-likeness (QED) is 0.574. The first-order valence-corrected chi connectivity index (χ1v) is 13.0. The molecule has 2 aliphatic carbocycles. The Morgan fingerprint density at radius 3 is 2.67 bits per heavy atom. The summed E-state index contributed by atoms with van der Waals surface area (Å²) in [5.41, 5.74) is 0.524. The van der Waals surface area contributed by atoms with Gasteiger partial charge in [-0.15, -0.1) is 11.3 Å². The first-order valence-electron chi connectivity index (χ1n) is 12.2. The van der Waals surface area contributed by atoms with Gasteiger partial charge in [0.05, 0.1) is 11.5 Å². The third-order valence-electron chi connectivity index (χ3n) is 6.93. The van der Waals surface area contributed by atoms with E-state index in [0.29, 0.717) is 11.8 Å². The average molecular weight is 476 g/mol. The lowest BCUT2D eigenvalue weighted by molar-refractivity contribution is 0.0355. The second-order valence-corrected chi connectivity index (χ2v) is 11.8. The molecule has 2 atom stereocenters. The van der Waals surface area contributed by atoms with Gasteiger partial charge in [0.25, 0.3) is 0 Å². The fourth-order valence-corrected chi connectivity index (χ4v) is 6.52. The molecule has 2 heterocycles. The maximum atomic E-state index is 12.4. The Bertz CT molecular complexity index is 989. The lowest BCUT2D eigenvalue weighted by Gasteiger charge is -2.40. The van der Waals surface area contributed by atoms with Crippen LogP contribution in [-0.4, -0.2) is 44.5 Å². The van der Waals surface area contributed by atoms with Gasteiger partial charge >= 0.3 is 6.09 Å². The lowest BCUT2D eigenvalue weighted by Crippen LogP contribution is -2.52. The minimum absolute atomic E-state index is 0.0513. The molecule has 1 amide bonds. The van der Waals surface area contributed by atoms with Crippen molar-refractivity contribution in [2.75, 3.05) is 0 Å². The van der Waals surface area contributed by atoms with E-state index in [1.54, 1.807) is 17.7 Å². The number of thiophene rings is 1. The van der Waals surface area contributed by atoms with Crippen LogP contribution in [0.2, 0.25) is 0 Å². The molecule has 4 rings (SSSR count). The molecule has 7 nitrogen and oxygen atoms in total. The molecule has 0 bridgehead atoms. The molecule has 0 radical (unpaired) electrons. The zero-order valence-electron chi connectivity index (χ0n) is 20.4. The number of aliphatic hydroxyl groups is 1. The van der Waals surface area contributed by atoms with Gasteiger partial charge in [0.1, 0.15) is 22.9 Å². The number of aromatic nitrogens is 2. The van der Waals surface area contributed by atoms with Crippen molar-refractivity contribution in [2.24, 2.45) is 0 Å². The summed E-state index contributed by atoms with van der Waals surface area (Å²) >= 11 is 1.73. The van der Waals surface area contributed by atoms with Crippen molar-refractivity contribution in [1.29, 1.82) is 0 Å². The van der Waals surface area contributed by atoms with E-state index in [0.717, 1.165) is 61.6 Å². The van der Waals surface area contributed by atoms with Gasteiger partial charge < -0.3 is 19.9 Å². The number of hydrogen-bond acceptors (Lipinski definition) is 7. The van der Waals surface area contributed by atoms with Crippen molar-refractivity contribution < 1.29 is 19.4 Å². The maximum Gasteiger partial charge on any atom is 0.408 e. The summed E-state index contributed by atoms with van der Waals surface area (Å²) in [5, 5.41) is 14.2. The van der Waals surface area contributed by atoms with E-state index in [4.69, 9.17) is 9.47 Å². The molecule has 8 heteroatoms. The van der Waals surface area contributed by atoms with Gasteiger partial charge in [0.2, 0.25) is 5.88 Å². The van der Waals surface area contributed by atoms with Crippen LogP contribution >= 0.6 is 11.3 Å². The molecule has 2 aromatic heterocycles. The summed E-state index contributed by atoms with van der Waals surface area (Å²) in [5.74, 6) is 1.00. The molecule has 0 aromatic carbocycles. The molecular weight excluding hydrogens is 438 g/mol. The predicted octanol–water partition coefficient (Wildman–Crippen LogP) is 5.49. The van der Waals surface area contributed by atoms with Gasteiger partial charge in [-0.3, -0.25) is 0 Å². The van der Waals surface area contributed by atoms with Crippen LogP contribution in [0.1, 0.15) is 95.9 Å². The van der Waals surface area contributed by atoms with Crippen LogP contribution in [0.15, 0.2) is 6.33 Å². The Morgan fingerprint density at radius 2 is 2.03 bits per heavy atom. The third-order valence-corrected chi connectivity index (χ3v) is 8.11. The van der Waals surface area contributed by atoms with E-state index in [9.17, 15) is 9.90 Å². The first-order chi connectivity index (χ1) is 15.6. The number of fused-ring (bicyclic) bond motifs is 3. The van der Waals surface area contributed by atoms with Gasteiger partial charge in [-0.25, -0.2) is 14.8 Å². The molecule has 0 spiro atoms. The average Bonchev–Trinajstić information content (AvgIpc) is 3.28. The van der Waals surface area contributed by atoms with Gasteiger partial charge in [-0.2, -0.15) is 0 Å². The van der Waals surface area contributed by atoms with Crippen molar-refractivity contribution in [3.63, 3.8) is 0 Å². The van der Waals surface area contributed by atoms with Crippen LogP contribution in [0.5, 0.6) is 5.88 Å². The van der Waals surface area contributed by atoms with Crippen LogP contribution in [0.25, 0.3) is 10.2 Å². The standard InChI is InChI=1S/C25H37N3O4S/c1-6-25(28-23(30)32-24(3,4)5)11-9-17(10-12-25)31-21-20-19-16(13-15(2)29)7-8-18(19)33-22(20)27-14-26-21/h14-17,29H,6-13H2,1-5H3,(H,28,30)/t15-,16+,17-,25-/m0/s1. The summed E-state index contributed by atoms with van der Waals surface area (Å²) < 4.78 is 12.0. The zero-order chi connectivity index (χ0) is 23.8. The molecule has 2 aromatic rings. The van der Waals surface area contributed by atoms with E-state index >= 15 is 0 Å². The number of alkyl carbamates (subject to hydrolysis) is 1. The summed E-state index contributed by atoms with van der Waals surface area (Å²) in [7, 11) is 0. The second kappa shape index (κ2) is 9.37. The van der Waals surface area contributed by atoms with Gasteiger partial charge in [-0.05, 0) is 90.5 Å². The topological polar surface area (TPSA) is 93.6 Å². The van der Waals surface area contributed by atoms with Crippen LogP contribution in [0.3, 0.4) is 0 Å². The molecule has 2 aliphatic rings. The minimum Gasteiger partial charge on any atom is -0.474 e. The Morgan fingerprint density at radius 1 is 1.30 bits per heavy atom. The number of aryl methyl sites for hydroxylation is 1. The van der Waals surface area contributed by atoms with Gasteiger partial charge in [0.15, 0.2) is 0 Å². The van der Waals surface area contributed by atoms with Crippen molar-refractivity contribution in [3.8, 4) is 5.88 Å². The molecular formula is C25H37N3O4S. The summed E-state index contributed by atoms with van der Waals surface area (Å²) in [6, 6.07) is 0. The molecule has 182 valence electrons. The molecule has 0 saturated heterocycles. The van der Waals surface area contributed by atoms with Crippen molar-refractivity contribution >= 4 is 27.6 Å². The molecule has 33 heavy (non-hydrogen) atoms. The number of rotatable bonds is 6. The molecule has 0 unspecified atom stereocenters. The van der Waals surface area contributed by atoms with Crippen molar-refractivity contribution in [1.82, 2.24) is 15.3 Å². The Kier molecular flexibility index (Phi) is 6.87. The van der Waals surface area contributed by atoms with Gasteiger partial charge in [0, 0.05) is 10.4 Å². The molecule has 1 saturated carbocycles. The smallest absolute Gasteiger partial charge is 0.408 e. The third kappa shape index (κ3) is 5.43. The van der Waals surface area contributed by atoms with Crippen LogP contribution in [-0.2, 0) is 11.2 Å². The van der Waals surface area contributed by atoms with Gasteiger partial charge in [-0.1, -0.05) is 6.92 Å². The Balaban J connectivity index is 1.47. The van der Waals surface area contributed by atoms with Crippen LogP contribution in [0, 0.1) is 0 Å². The highest BCUT2D eigenvalue weighted by Crippen LogP contribution is 2.48. The van der Waals surface area contributed by atoms with Crippen LogP contribution < -0.4 is 10.1 Å². The Hall–Kier alpha value is -1.93. The number of carbonyl (C=O) groups is 1. The van der Waals surface area contributed by atoms with Crippen molar-refractivity contribution in [3.05, 3.63) is 16.8 Å². The highest BCUT2D eigenvalue weighted by atomic mass is 32.1. The molecule has 2 N–H and O–H groups in total. The highest BCUT2D eigenvalue weighted by molar-refractivity contribution is 7.19. The van der Waals surface area contributed by atoms with E-state index in [1.165, 1.54) is 10.4 Å². The fourth-order valence-electron chi connectivity index (χ4n) is 5.28. The number of carbonyl (C=O) groups excluding carboxylic acids is 1. The molecule has 1 fully saturated rings. The largest absolute Gasteiger partial charge is 0.474 e. The van der Waals surface area contributed by atoms with Crippen molar-refractivity contribution in [2.45, 2.75) is 115 Å². The lowest BCUT2D eigenvalue weighted by atomic mass is 9.78. The number of ether oxygens (including phenoxy) is 2. The first kappa shape index (κ1) is 24.2. The SMILES string of the molecule is CC[C@]1(NC(=O)OC(C)(C)C)CC[C@H](Oc2ncnc3sc4c(c23)[C@@H](C[C@H](C)O)CC4)CC1. The fraction of sp³-hybridized carbons (Fsp3) is 0.720. The number of aliphatic hydroxyl groups excluding tert-OH is 1. The van der Waals surface area contributed by atoms with Crippen LogP contribution in [0.4, 0.5) is 4.79 Å². The summed E-state index contributed by atoms with van der Waals surface area (Å²) in [6.07, 6.45) is 8.05. The molecule has 0 aliphatic heterocycles. The number of nitrogens with zero attached hydrogens (tertiary/aromatic N) is 2. The second-order valence-electron chi connectivity index (χ2n) is 10.7. The number of nitrogens with one attached hydrogen (secondary N) is 1. The van der Waals surface area contributed by atoms with E-state index in [-0.39, 0.29) is 23.8 Å². The maximum absolute atomic E-state index is 12.4. The van der Waals surface area contributed by atoms with E-state index in [1.807, 2.05) is 27.7 Å². The summed E-state index contributed by atoms with van der Waals surface area (Å²) in [4.78, 5) is 23.8. The highest BCUT2D eigenvalue weighted by Gasteiger charge is 2.38. The minimum atomic E-state index is -0.510. The normalized spacial score (nSPS) is 26.1. The van der Waals surface area contributed by atoms with E-state index < -0.39 is 5.60 Å². The number of amides is 1. The number of hydrogen-bond donors (Lipinski definition) is 2. The Labute approximate surface area is 200 Å².